The largest absolute Gasteiger partial charge is 0.308 e. The Morgan fingerprint density at radius 1 is 1.54 bits per heavy atom. The Balaban J connectivity index is 1.92. The number of nitrogens with one attached hydrogen (secondary N) is 1. The van der Waals surface area contributed by atoms with E-state index in [1.807, 2.05) is 6.21 Å². The predicted molar refractivity (Wildman–Crippen MR) is 51.6 cm³/mol. The fourth-order valence-corrected chi connectivity index (χ4v) is 2.95. The highest BCUT2D eigenvalue weighted by Gasteiger charge is 2.58. The van der Waals surface area contributed by atoms with Gasteiger partial charge in [-0.05, 0) is 23.6 Å². The molecular formula is C11H10N2. The molecule has 1 saturated heterocycles. The normalized spacial score (nSPS) is 43.1. The molecule has 0 aromatic rings. The molecule has 2 unspecified atom stereocenters. The summed E-state index contributed by atoms with van der Waals surface area (Å²) < 4.78 is 0. The first-order valence-corrected chi connectivity index (χ1v) is 4.82. The van der Waals surface area contributed by atoms with Gasteiger partial charge in [0.2, 0.25) is 0 Å². The van der Waals surface area contributed by atoms with Crippen molar-refractivity contribution >= 4 is 6.21 Å². The number of nitrogens with zero attached hydrogens (tertiary/aromatic N) is 1. The van der Waals surface area contributed by atoms with Gasteiger partial charge in [0.05, 0.1) is 11.1 Å². The molecule has 0 saturated carbocycles. The fourth-order valence-electron chi connectivity index (χ4n) is 2.95. The first-order chi connectivity index (χ1) is 6.41. The minimum atomic E-state index is 0.306. The van der Waals surface area contributed by atoms with E-state index in [1.54, 1.807) is 5.57 Å². The second-order valence-corrected chi connectivity index (χ2v) is 4.16. The van der Waals surface area contributed by atoms with Crippen LogP contribution in [0.1, 0.15) is 6.42 Å². The van der Waals surface area contributed by atoms with Gasteiger partial charge in [0, 0.05) is 18.8 Å². The zero-order chi connectivity index (χ0) is 8.47. The molecule has 4 rings (SSSR count). The van der Waals surface area contributed by atoms with Crippen molar-refractivity contribution in [2.75, 3.05) is 6.54 Å². The number of allylic oxidation sites excluding steroid dienone is 2. The third kappa shape index (κ3) is 0.535. The van der Waals surface area contributed by atoms with Gasteiger partial charge >= 0.3 is 0 Å². The first-order valence-electron chi connectivity index (χ1n) is 4.82. The lowest BCUT2D eigenvalue weighted by Crippen LogP contribution is -2.35. The summed E-state index contributed by atoms with van der Waals surface area (Å²) in [5.41, 5.74) is 4.54. The van der Waals surface area contributed by atoms with Gasteiger partial charge in [-0.1, -0.05) is 12.2 Å². The Kier molecular flexibility index (Phi) is 0.830. The number of hydrogen-bond acceptors (Lipinski definition) is 2. The highest BCUT2D eigenvalue weighted by molar-refractivity contribution is 5.83. The molecule has 1 N–H and O–H groups in total. The molecule has 0 aromatic heterocycles. The van der Waals surface area contributed by atoms with Crippen LogP contribution in [0.5, 0.6) is 0 Å². The molecule has 0 bridgehead atoms. The summed E-state index contributed by atoms with van der Waals surface area (Å²) in [5, 5.41) is 3.55. The van der Waals surface area contributed by atoms with Gasteiger partial charge in [0.1, 0.15) is 0 Å². The van der Waals surface area contributed by atoms with Crippen LogP contribution in [-0.4, -0.2) is 18.8 Å². The SMILES string of the molecule is C1=NC2=CCC3NCC4=CC43C2=C1. The van der Waals surface area contributed by atoms with E-state index in [2.05, 4.69) is 28.5 Å². The van der Waals surface area contributed by atoms with E-state index in [-0.39, 0.29) is 0 Å². The van der Waals surface area contributed by atoms with Crippen molar-refractivity contribution in [3.05, 3.63) is 35.1 Å². The summed E-state index contributed by atoms with van der Waals surface area (Å²) >= 11 is 0. The average Bonchev–Trinajstić information content (AvgIpc) is 2.61. The topological polar surface area (TPSA) is 24.4 Å². The van der Waals surface area contributed by atoms with Crippen LogP contribution in [0.2, 0.25) is 0 Å². The Labute approximate surface area is 76.7 Å². The van der Waals surface area contributed by atoms with Crippen molar-refractivity contribution < 1.29 is 0 Å². The summed E-state index contributed by atoms with van der Waals surface area (Å²) in [5.74, 6) is 0. The van der Waals surface area contributed by atoms with Gasteiger partial charge in [0.15, 0.2) is 0 Å². The molecule has 2 nitrogen and oxygen atoms in total. The van der Waals surface area contributed by atoms with Crippen LogP contribution in [0.15, 0.2) is 40.1 Å². The van der Waals surface area contributed by atoms with Crippen molar-refractivity contribution in [2.45, 2.75) is 12.5 Å². The maximum atomic E-state index is 4.37. The van der Waals surface area contributed by atoms with E-state index in [0.717, 1.165) is 13.0 Å². The lowest BCUT2D eigenvalue weighted by Gasteiger charge is -2.28. The van der Waals surface area contributed by atoms with Gasteiger partial charge in [-0.3, -0.25) is 4.99 Å². The van der Waals surface area contributed by atoms with E-state index >= 15 is 0 Å². The smallest absolute Gasteiger partial charge is 0.0635 e. The third-order valence-corrected chi connectivity index (χ3v) is 3.66. The van der Waals surface area contributed by atoms with Gasteiger partial charge in [-0.2, -0.15) is 0 Å². The number of hydrogen-bond donors (Lipinski definition) is 1. The zero-order valence-electron chi connectivity index (χ0n) is 7.25. The van der Waals surface area contributed by atoms with Gasteiger partial charge in [-0.25, -0.2) is 0 Å². The molecule has 0 amide bonds. The third-order valence-electron chi connectivity index (χ3n) is 3.66. The Hall–Kier alpha value is -1.15. The highest BCUT2D eigenvalue weighted by atomic mass is 15.0. The minimum absolute atomic E-state index is 0.306. The molecule has 2 heteroatoms. The average molecular weight is 170 g/mol. The van der Waals surface area contributed by atoms with Crippen LogP contribution in [0, 0.1) is 5.41 Å². The zero-order valence-corrected chi connectivity index (χ0v) is 7.25. The second-order valence-electron chi connectivity index (χ2n) is 4.16. The molecule has 2 atom stereocenters. The standard InChI is InChI=1S/C11H10N2/c1-2-10-11(5-7(11)6-13-10)8-3-4-12-9(1)8/h1,3-5,10,13H,2,6H2. The van der Waals surface area contributed by atoms with Crippen molar-refractivity contribution in [2.24, 2.45) is 10.4 Å². The van der Waals surface area contributed by atoms with Crippen molar-refractivity contribution in [1.82, 2.24) is 5.32 Å². The lowest BCUT2D eigenvalue weighted by molar-refractivity contribution is 0.462. The molecule has 0 aromatic carbocycles. The van der Waals surface area contributed by atoms with Gasteiger partial charge in [-0.15, -0.1) is 0 Å². The first kappa shape index (κ1) is 6.33. The second kappa shape index (κ2) is 1.70. The molecule has 4 aliphatic rings. The minimum Gasteiger partial charge on any atom is -0.308 e. The molecular weight excluding hydrogens is 160 g/mol. The quantitative estimate of drug-likeness (QED) is 0.542. The molecule has 2 heterocycles. The monoisotopic (exact) mass is 170 g/mol. The van der Waals surface area contributed by atoms with Crippen molar-refractivity contribution in [3.63, 3.8) is 0 Å². The fraction of sp³-hybridized carbons (Fsp3) is 0.364. The van der Waals surface area contributed by atoms with Crippen LogP contribution in [0.3, 0.4) is 0 Å². The summed E-state index contributed by atoms with van der Waals surface area (Å²) in [6.45, 7) is 1.09. The van der Waals surface area contributed by atoms with Crippen molar-refractivity contribution in [1.29, 1.82) is 0 Å². The Morgan fingerprint density at radius 2 is 2.54 bits per heavy atom. The number of aliphatic imine (C=N–C) groups is 1. The molecule has 2 aliphatic carbocycles. The lowest BCUT2D eigenvalue weighted by atomic mass is 9.78. The molecule has 2 aliphatic heterocycles. The number of rotatable bonds is 0. The van der Waals surface area contributed by atoms with E-state index in [4.69, 9.17) is 0 Å². The van der Waals surface area contributed by atoms with Crippen LogP contribution in [-0.2, 0) is 0 Å². The molecule has 13 heavy (non-hydrogen) atoms. The number of fused-ring (bicyclic) bond motifs is 1. The maximum Gasteiger partial charge on any atom is 0.0635 e. The molecule has 1 spiro atoms. The van der Waals surface area contributed by atoms with E-state index in [1.165, 1.54) is 11.3 Å². The Bertz CT molecular complexity index is 425. The van der Waals surface area contributed by atoms with E-state index in [9.17, 15) is 0 Å². The summed E-state index contributed by atoms with van der Waals surface area (Å²) in [6.07, 6.45) is 9.91. The van der Waals surface area contributed by atoms with E-state index in [0.29, 0.717) is 11.5 Å². The predicted octanol–water partition coefficient (Wildman–Crippen LogP) is 1.18. The van der Waals surface area contributed by atoms with Crippen molar-refractivity contribution in [3.8, 4) is 0 Å². The maximum absolute atomic E-state index is 4.37. The van der Waals surface area contributed by atoms with Gasteiger partial charge < -0.3 is 5.32 Å². The summed E-state index contributed by atoms with van der Waals surface area (Å²) in [7, 11) is 0. The van der Waals surface area contributed by atoms with Crippen LogP contribution in [0.25, 0.3) is 0 Å². The molecule has 1 fully saturated rings. The summed E-state index contributed by atoms with van der Waals surface area (Å²) in [6, 6.07) is 0.624. The van der Waals surface area contributed by atoms with Crippen LogP contribution >= 0.6 is 0 Å². The highest BCUT2D eigenvalue weighted by Crippen LogP contribution is 2.61. The Morgan fingerprint density at radius 3 is 3.46 bits per heavy atom. The van der Waals surface area contributed by atoms with Crippen LogP contribution in [0.4, 0.5) is 0 Å². The van der Waals surface area contributed by atoms with Gasteiger partial charge in [0.25, 0.3) is 0 Å². The van der Waals surface area contributed by atoms with E-state index < -0.39 is 0 Å². The molecule has 64 valence electrons. The molecule has 0 radical (unpaired) electrons. The van der Waals surface area contributed by atoms with Crippen LogP contribution < -0.4 is 5.32 Å². The summed E-state index contributed by atoms with van der Waals surface area (Å²) in [4.78, 5) is 4.37.